The minimum atomic E-state index is -0.447. The SMILES string of the molecule is CC(=O)Oc1cccc(Nc2nc(Nc3cccc(OC(C)=O)c3)nc(Nc3cccc(OC(C)=O)c3)n2)c1.CCCCCCCCCCCOc1cccc(Nc2nc(Nc3cccc(OCCCCCCCCCCC)c3)nc(Nc3cccc(OCCCCCCCCCCC)c3)n2)c1. The number of aromatic nitrogens is 6. The molecule has 546 valence electrons. The summed E-state index contributed by atoms with van der Waals surface area (Å²) >= 11 is 0. The molecule has 0 spiro atoms. The molecule has 6 aromatic carbocycles. The van der Waals surface area contributed by atoms with E-state index in [0.717, 1.165) is 53.6 Å². The van der Waals surface area contributed by atoms with Crippen molar-refractivity contribution >= 4 is 87.7 Å². The van der Waals surface area contributed by atoms with Gasteiger partial charge in [0.25, 0.3) is 0 Å². The van der Waals surface area contributed by atoms with E-state index in [-0.39, 0.29) is 17.8 Å². The number of ether oxygens (including phenoxy) is 6. The number of carbonyl (C=O) groups excluding carboxylic acids is 3. The molecule has 102 heavy (non-hydrogen) atoms. The average molecular weight is 1390 g/mol. The number of unbranched alkanes of at least 4 members (excludes halogenated alkanes) is 24. The van der Waals surface area contributed by atoms with E-state index in [0.29, 0.717) is 72.0 Å². The fraction of sp³-hybridized carbons (Fsp3) is 0.444. The lowest BCUT2D eigenvalue weighted by molar-refractivity contribution is -0.132. The molecule has 0 aliphatic rings. The van der Waals surface area contributed by atoms with E-state index in [4.69, 9.17) is 43.4 Å². The molecule has 6 N–H and O–H groups in total. The molecular formula is C81H108N12O9. The average Bonchev–Trinajstić information content (AvgIpc) is 0.837. The molecule has 0 radical (unpaired) electrons. The Labute approximate surface area is 604 Å². The van der Waals surface area contributed by atoms with Crippen LogP contribution in [0.15, 0.2) is 146 Å². The van der Waals surface area contributed by atoms with Crippen molar-refractivity contribution in [2.45, 2.75) is 215 Å². The van der Waals surface area contributed by atoms with Crippen LogP contribution in [0.1, 0.15) is 215 Å². The number of anilines is 12. The van der Waals surface area contributed by atoms with Crippen LogP contribution in [-0.2, 0) is 14.4 Å². The monoisotopic (exact) mass is 1390 g/mol. The molecule has 0 amide bonds. The summed E-state index contributed by atoms with van der Waals surface area (Å²) in [6, 6.07) is 44.2. The largest absolute Gasteiger partial charge is 0.494 e. The van der Waals surface area contributed by atoms with Crippen LogP contribution < -0.4 is 60.3 Å². The van der Waals surface area contributed by atoms with Crippen LogP contribution >= 0.6 is 0 Å². The minimum absolute atomic E-state index is 0.169. The lowest BCUT2D eigenvalue weighted by Crippen LogP contribution is -2.08. The van der Waals surface area contributed by atoms with E-state index in [1.807, 2.05) is 72.8 Å². The lowest BCUT2D eigenvalue weighted by Gasteiger charge is -2.14. The van der Waals surface area contributed by atoms with Crippen LogP contribution in [0, 0.1) is 0 Å². The fourth-order valence-corrected chi connectivity index (χ4v) is 11.1. The molecule has 0 aliphatic heterocycles. The summed E-state index contributed by atoms with van der Waals surface area (Å²) in [7, 11) is 0. The first-order chi connectivity index (χ1) is 49.9. The summed E-state index contributed by atoms with van der Waals surface area (Å²) < 4.78 is 33.9. The van der Waals surface area contributed by atoms with E-state index in [1.54, 1.807) is 72.8 Å². The van der Waals surface area contributed by atoms with Gasteiger partial charge in [-0.15, -0.1) is 0 Å². The van der Waals surface area contributed by atoms with Crippen molar-refractivity contribution in [3.63, 3.8) is 0 Å². The Balaban J connectivity index is 0.000000318. The fourth-order valence-electron chi connectivity index (χ4n) is 11.1. The molecule has 0 unspecified atom stereocenters. The lowest BCUT2D eigenvalue weighted by atomic mass is 10.1. The summed E-state index contributed by atoms with van der Waals surface area (Å²) in [6.07, 6.45) is 34.8. The Morgan fingerprint density at radius 2 is 0.431 bits per heavy atom. The van der Waals surface area contributed by atoms with E-state index >= 15 is 0 Å². The highest BCUT2D eigenvalue weighted by Gasteiger charge is 2.14. The molecule has 0 bridgehead atoms. The van der Waals surface area contributed by atoms with Crippen molar-refractivity contribution < 1.29 is 42.8 Å². The van der Waals surface area contributed by atoms with Gasteiger partial charge in [-0.2, -0.15) is 29.9 Å². The van der Waals surface area contributed by atoms with Gasteiger partial charge in [0, 0.05) is 91.3 Å². The highest BCUT2D eigenvalue weighted by Crippen LogP contribution is 2.30. The molecule has 21 nitrogen and oxygen atoms in total. The van der Waals surface area contributed by atoms with Crippen LogP contribution in [0.3, 0.4) is 0 Å². The quantitative estimate of drug-likeness (QED) is 0.0118. The predicted octanol–water partition coefficient (Wildman–Crippen LogP) is 21.7. The van der Waals surface area contributed by atoms with Crippen LogP contribution in [-0.4, -0.2) is 67.6 Å². The highest BCUT2D eigenvalue weighted by molar-refractivity contribution is 5.73. The smallest absolute Gasteiger partial charge is 0.308 e. The van der Waals surface area contributed by atoms with E-state index < -0.39 is 17.9 Å². The second kappa shape index (κ2) is 47.1. The van der Waals surface area contributed by atoms with Crippen molar-refractivity contribution in [1.82, 2.24) is 29.9 Å². The summed E-state index contributed by atoms with van der Waals surface area (Å²) in [5.41, 5.74) is 4.19. The Kier molecular flexibility index (Phi) is 36.6. The summed E-state index contributed by atoms with van der Waals surface area (Å²) in [6.45, 7) is 12.9. The van der Waals surface area contributed by atoms with Crippen molar-refractivity contribution in [2.75, 3.05) is 51.7 Å². The summed E-state index contributed by atoms with van der Waals surface area (Å²) in [4.78, 5) is 61.7. The maximum absolute atomic E-state index is 11.3. The molecule has 0 aliphatic carbocycles. The Bertz CT molecular complexity index is 3340. The van der Waals surface area contributed by atoms with E-state index in [9.17, 15) is 14.4 Å². The van der Waals surface area contributed by atoms with Crippen LogP contribution in [0.4, 0.5) is 69.8 Å². The van der Waals surface area contributed by atoms with Gasteiger partial charge in [0.15, 0.2) is 0 Å². The van der Waals surface area contributed by atoms with Gasteiger partial charge in [0.2, 0.25) is 35.7 Å². The molecule has 2 heterocycles. The number of nitrogens with zero attached hydrogens (tertiary/aromatic N) is 6. The van der Waals surface area contributed by atoms with Gasteiger partial charge in [0.05, 0.1) is 19.8 Å². The number of benzene rings is 6. The first kappa shape index (κ1) is 79.3. The number of carbonyl (C=O) groups is 3. The number of nitrogens with one attached hydrogen (secondary N) is 6. The van der Waals surface area contributed by atoms with Crippen molar-refractivity contribution in [3.05, 3.63) is 146 Å². The van der Waals surface area contributed by atoms with Gasteiger partial charge >= 0.3 is 17.9 Å². The third-order valence-corrected chi connectivity index (χ3v) is 16.1. The van der Waals surface area contributed by atoms with Crippen LogP contribution in [0.5, 0.6) is 34.5 Å². The predicted molar refractivity (Wildman–Crippen MR) is 410 cm³/mol. The number of hydrogen-bond donors (Lipinski definition) is 6. The topological polar surface area (TPSA) is 256 Å². The van der Waals surface area contributed by atoms with Crippen molar-refractivity contribution in [1.29, 1.82) is 0 Å². The third kappa shape index (κ3) is 33.4. The molecule has 21 heteroatoms. The van der Waals surface area contributed by atoms with Crippen LogP contribution in [0.25, 0.3) is 0 Å². The van der Waals surface area contributed by atoms with E-state index in [2.05, 4.69) is 67.6 Å². The summed E-state index contributed by atoms with van der Waals surface area (Å²) in [5.74, 6) is 3.90. The van der Waals surface area contributed by atoms with Gasteiger partial charge in [-0.3, -0.25) is 14.4 Å². The van der Waals surface area contributed by atoms with Gasteiger partial charge in [-0.1, -0.05) is 211 Å². The zero-order valence-corrected chi connectivity index (χ0v) is 60.9. The normalized spacial score (nSPS) is 10.8. The van der Waals surface area contributed by atoms with Gasteiger partial charge in [-0.05, 0) is 92.1 Å². The molecular weight excluding hydrogens is 1280 g/mol. The summed E-state index contributed by atoms with van der Waals surface area (Å²) in [5, 5.41) is 19.4. The molecule has 0 atom stereocenters. The number of esters is 3. The van der Waals surface area contributed by atoms with Gasteiger partial charge in [-0.25, -0.2) is 0 Å². The molecule has 8 aromatic rings. The molecule has 0 saturated carbocycles. The minimum Gasteiger partial charge on any atom is -0.494 e. The standard InChI is InChI=1S/C54H84N6O3.C27H24N6O6/c1-4-7-10-13-16-19-22-25-28-40-61-49-37-31-34-46(43-49)55-52-58-53(56-47-35-32-38-50(44-47)62-41-29-26-23-20-17-14-11-8-5-2)60-54(59-52)57-48-36-33-39-51(45-48)63-42-30-27-24-21-18-15-12-9-6-3;1-16(34)37-22-10-4-7-19(13-22)28-25-31-26(29-20-8-5-11-23(14-20)38-17(2)35)33-27(32-25)30-21-9-6-12-24(15-21)39-18(3)36/h31-39,43-45H,4-30,40-42H2,1-3H3,(H3,55,56,57,58,59,60);4-15H,1-3H3,(H3,28,29,30,31,32,33). The zero-order valence-electron chi connectivity index (χ0n) is 60.9. The van der Waals surface area contributed by atoms with Crippen LogP contribution in [0.2, 0.25) is 0 Å². The molecule has 8 rings (SSSR count). The first-order valence-electron chi connectivity index (χ1n) is 37.0. The zero-order chi connectivity index (χ0) is 72.0. The first-order valence-corrected chi connectivity index (χ1v) is 37.0. The maximum Gasteiger partial charge on any atom is 0.308 e. The van der Waals surface area contributed by atoms with Crippen molar-refractivity contribution in [3.8, 4) is 34.5 Å². The molecule has 0 fully saturated rings. The van der Waals surface area contributed by atoms with Gasteiger partial charge in [0.1, 0.15) is 34.5 Å². The second-order valence-corrected chi connectivity index (χ2v) is 25.3. The third-order valence-electron chi connectivity index (χ3n) is 16.1. The molecule has 2 aromatic heterocycles. The second-order valence-electron chi connectivity index (χ2n) is 25.3. The number of rotatable bonds is 48. The number of hydrogen-bond acceptors (Lipinski definition) is 21. The Morgan fingerprint density at radius 3 is 0.627 bits per heavy atom. The maximum atomic E-state index is 11.3. The Morgan fingerprint density at radius 1 is 0.255 bits per heavy atom. The van der Waals surface area contributed by atoms with Gasteiger partial charge < -0.3 is 60.3 Å². The molecule has 0 saturated heterocycles. The Hall–Kier alpha value is -10.1. The van der Waals surface area contributed by atoms with Crippen molar-refractivity contribution in [2.24, 2.45) is 0 Å². The van der Waals surface area contributed by atoms with E-state index in [1.165, 1.54) is 175 Å². The highest BCUT2D eigenvalue weighted by atomic mass is 16.5.